The zero-order valence-electron chi connectivity index (χ0n) is 12.4. The van der Waals surface area contributed by atoms with Crippen molar-refractivity contribution < 1.29 is 5.11 Å². The van der Waals surface area contributed by atoms with E-state index in [2.05, 4.69) is 43.4 Å². The SMILES string of the molecule is CC(C)CC(C)(O)CNCc1cccc(C2CC2)c1. The minimum absolute atomic E-state index is 0.523. The summed E-state index contributed by atoms with van der Waals surface area (Å²) in [6.45, 7) is 7.70. The summed E-state index contributed by atoms with van der Waals surface area (Å²) >= 11 is 0. The Hall–Kier alpha value is -0.860. The minimum Gasteiger partial charge on any atom is -0.389 e. The van der Waals surface area contributed by atoms with Crippen molar-refractivity contribution in [2.45, 2.75) is 58.1 Å². The predicted molar refractivity (Wildman–Crippen MR) is 80.2 cm³/mol. The molecule has 1 unspecified atom stereocenters. The number of nitrogens with one attached hydrogen (secondary N) is 1. The first-order valence-electron chi connectivity index (χ1n) is 7.48. The van der Waals surface area contributed by atoms with E-state index in [1.807, 2.05) is 6.92 Å². The summed E-state index contributed by atoms with van der Waals surface area (Å²) in [6, 6.07) is 8.85. The molecule has 1 aliphatic rings. The van der Waals surface area contributed by atoms with E-state index in [4.69, 9.17) is 0 Å². The molecule has 0 radical (unpaired) electrons. The highest BCUT2D eigenvalue weighted by atomic mass is 16.3. The molecule has 1 aliphatic carbocycles. The van der Waals surface area contributed by atoms with Crippen LogP contribution in [0.25, 0.3) is 0 Å². The topological polar surface area (TPSA) is 32.3 Å². The molecule has 0 bridgehead atoms. The van der Waals surface area contributed by atoms with Crippen LogP contribution in [0.15, 0.2) is 24.3 Å². The summed E-state index contributed by atoms with van der Waals surface area (Å²) in [5, 5.41) is 13.6. The van der Waals surface area contributed by atoms with Gasteiger partial charge in [0.15, 0.2) is 0 Å². The maximum absolute atomic E-state index is 10.3. The van der Waals surface area contributed by atoms with Gasteiger partial charge in [0.2, 0.25) is 0 Å². The first kappa shape index (κ1) is 14.5. The van der Waals surface area contributed by atoms with Crippen LogP contribution in [-0.4, -0.2) is 17.3 Å². The Morgan fingerprint density at radius 1 is 1.37 bits per heavy atom. The van der Waals surface area contributed by atoms with Crippen LogP contribution < -0.4 is 5.32 Å². The third-order valence-electron chi connectivity index (χ3n) is 3.68. The quantitative estimate of drug-likeness (QED) is 0.788. The molecule has 0 amide bonds. The number of hydrogen-bond acceptors (Lipinski definition) is 2. The average molecular weight is 261 g/mol. The van der Waals surface area contributed by atoms with Crippen molar-refractivity contribution in [2.75, 3.05) is 6.54 Å². The Kier molecular flexibility index (Phi) is 4.64. The van der Waals surface area contributed by atoms with Crippen molar-refractivity contribution in [1.82, 2.24) is 5.32 Å². The van der Waals surface area contributed by atoms with Crippen molar-refractivity contribution in [2.24, 2.45) is 5.92 Å². The third-order valence-corrected chi connectivity index (χ3v) is 3.68. The summed E-state index contributed by atoms with van der Waals surface area (Å²) in [6.07, 6.45) is 3.53. The Labute approximate surface area is 117 Å². The van der Waals surface area contributed by atoms with Crippen LogP contribution in [0.2, 0.25) is 0 Å². The van der Waals surface area contributed by atoms with Gasteiger partial charge in [0.25, 0.3) is 0 Å². The monoisotopic (exact) mass is 261 g/mol. The van der Waals surface area contributed by atoms with Gasteiger partial charge in [-0.05, 0) is 49.1 Å². The molecule has 2 rings (SSSR count). The van der Waals surface area contributed by atoms with E-state index in [9.17, 15) is 5.11 Å². The molecule has 0 saturated heterocycles. The van der Waals surface area contributed by atoms with E-state index in [0.29, 0.717) is 12.5 Å². The zero-order valence-corrected chi connectivity index (χ0v) is 12.4. The van der Waals surface area contributed by atoms with Gasteiger partial charge < -0.3 is 10.4 Å². The van der Waals surface area contributed by atoms with Gasteiger partial charge in [-0.25, -0.2) is 0 Å². The smallest absolute Gasteiger partial charge is 0.0746 e. The van der Waals surface area contributed by atoms with Crippen LogP contribution in [0.3, 0.4) is 0 Å². The molecule has 1 aromatic rings. The van der Waals surface area contributed by atoms with Crippen molar-refractivity contribution in [1.29, 1.82) is 0 Å². The third kappa shape index (κ3) is 4.96. The normalized spacial score (nSPS) is 18.6. The lowest BCUT2D eigenvalue weighted by molar-refractivity contribution is 0.0383. The molecule has 0 aliphatic heterocycles. The van der Waals surface area contributed by atoms with Crippen LogP contribution >= 0.6 is 0 Å². The van der Waals surface area contributed by atoms with E-state index in [-0.39, 0.29) is 0 Å². The van der Waals surface area contributed by atoms with E-state index in [1.165, 1.54) is 24.0 Å². The Morgan fingerprint density at radius 2 is 2.11 bits per heavy atom. The molecule has 19 heavy (non-hydrogen) atoms. The molecule has 2 N–H and O–H groups in total. The Balaban J connectivity index is 1.80. The molecule has 106 valence electrons. The molecule has 1 aromatic carbocycles. The summed E-state index contributed by atoms with van der Waals surface area (Å²) in [7, 11) is 0. The van der Waals surface area contributed by atoms with Crippen molar-refractivity contribution in [3.63, 3.8) is 0 Å². The molecule has 2 heteroatoms. The fourth-order valence-electron chi connectivity index (χ4n) is 2.80. The first-order valence-corrected chi connectivity index (χ1v) is 7.48. The number of aliphatic hydroxyl groups is 1. The second kappa shape index (κ2) is 6.06. The van der Waals surface area contributed by atoms with Gasteiger partial charge >= 0.3 is 0 Å². The molecular weight excluding hydrogens is 234 g/mol. The van der Waals surface area contributed by atoms with Crippen LogP contribution in [0.4, 0.5) is 0 Å². The second-order valence-corrected chi connectivity index (χ2v) is 6.72. The number of rotatable bonds is 7. The summed E-state index contributed by atoms with van der Waals surface area (Å²) in [5.41, 5.74) is 2.19. The van der Waals surface area contributed by atoms with Gasteiger partial charge in [0, 0.05) is 13.1 Å². The molecule has 1 atom stereocenters. The van der Waals surface area contributed by atoms with Crippen LogP contribution in [0, 0.1) is 5.92 Å². The Morgan fingerprint density at radius 3 is 2.74 bits per heavy atom. The van der Waals surface area contributed by atoms with E-state index in [1.54, 1.807) is 0 Å². The van der Waals surface area contributed by atoms with Gasteiger partial charge in [-0.2, -0.15) is 0 Å². The van der Waals surface area contributed by atoms with Gasteiger partial charge in [-0.1, -0.05) is 38.1 Å². The molecule has 1 fully saturated rings. The molecule has 0 heterocycles. The van der Waals surface area contributed by atoms with Gasteiger partial charge in [-0.15, -0.1) is 0 Å². The summed E-state index contributed by atoms with van der Waals surface area (Å²) < 4.78 is 0. The van der Waals surface area contributed by atoms with Crippen LogP contribution in [-0.2, 0) is 6.54 Å². The van der Waals surface area contributed by atoms with E-state index in [0.717, 1.165) is 18.9 Å². The zero-order chi connectivity index (χ0) is 13.9. The fraction of sp³-hybridized carbons (Fsp3) is 0.647. The number of benzene rings is 1. The maximum Gasteiger partial charge on any atom is 0.0746 e. The Bertz CT molecular complexity index is 407. The lowest BCUT2D eigenvalue weighted by atomic mass is 9.94. The predicted octanol–water partition coefficient (Wildman–Crippen LogP) is 3.45. The van der Waals surface area contributed by atoms with Crippen molar-refractivity contribution in [3.05, 3.63) is 35.4 Å². The van der Waals surface area contributed by atoms with Gasteiger partial charge in [0.1, 0.15) is 0 Å². The summed E-state index contributed by atoms with van der Waals surface area (Å²) in [5.74, 6) is 1.33. The highest BCUT2D eigenvalue weighted by Crippen LogP contribution is 2.40. The molecule has 1 saturated carbocycles. The summed E-state index contributed by atoms with van der Waals surface area (Å²) in [4.78, 5) is 0. The van der Waals surface area contributed by atoms with Crippen molar-refractivity contribution >= 4 is 0 Å². The minimum atomic E-state index is -0.609. The second-order valence-electron chi connectivity index (χ2n) is 6.72. The lowest BCUT2D eigenvalue weighted by Gasteiger charge is -2.25. The highest BCUT2D eigenvalue weighted by Gasteiger charge is 2.23. The average Bonchev–Trinajstić information content (AvgIpc) is 3.11. The maximum atomic E-state index is 10.3. The molecule has 0 aromatic heterocycles. The van der Waals surface area contributed by atoms with Crippen LogP contribution in [0.1, 0.15) is 57.1 Å². The molecule has 0 spiro atoms. The fourth-order valence-corrected chi connectivity index (χ4v) is 2.80. The van der Waals surface area contributed by atoms with Gasteiger partial charge in [0.05, 0.1) is 5.60 Å². The van der Waals surface area contributed by atoms with Crippen molar-refractivity contribution in [3.8, 4) is 0 Å². The van der Waals surface area contributed by atoms with Crippen LogP contribution in [0.5, 0.6) is 0 Å². The molecule has 2 nitrogen and oxygen atoms in total. The first-order chi connectivity index (χ1) is 8.96. The standard InChI is InChI=1S/C17H27NO/c1-13(2)10-17(3,19)12-18-11-14-5-4-6-16(9-14)15-7-8-15/h4-6,9,13,15,18-19H,7-8,10-12H2,1-3H3. The number of hydrogen-bond donors (Lipinski definition) is 2. The largest absolute Gasteiger partial charge is 0.389 e. The molecular formula is C17H27NO. The van der Waals surface area contributed by atoms with Gasteiger partial charge in [-0.3, -0.25) is 0 Å². The highest BCUT2D eigenvalue weighted by molar-refractivity contribution is 5.29. The van der Waals surface area contributed by atoms with E-state index < -0.39 is 5.60 Å². The lowest BCUT2D eigenvalue weighted by Crippen LogP contribution is -2.38. The van der Waals surface area contributed by atoms with E-state index >= 15 is 0 Å².